The molecule has 1 aromatic heterocycles. The third-order valence-electron chi connectivity index (χ3n) is 2.93. The van der Waals surface area contributed by atoms with Crippen LogP contribution in [0.1, 0.15) is 12.3 Å². The van der Waals surface area contributed by atoms with Crippen LogP contribution in [0.2, 0.25) is 0 Å². The minimum atomic E-state index is -0.280. The average molecular weight is 278 g/mol. The standard InChI is InChI=1S/C14H19FN4O/c1-16-8-3-9-19(2)10-13-17-18-14(20-13)11-4-6-12(15)7-5-11/h4-7,16H,3,8-10H2,1-2H3. The van der Waals surface area contributed by atoms with Crippen LogP contribution in [-0.4, -0.2) is 42.3 Å². The summed E-state index contributed by atoms with van der Waals surface area (Å²) in [6.07, 6.45) is 1.06. The third-order valence-corrected chi connectivity index (χ3v) is 2.93. The van der Waals surface area contributed by atoms with Gasteiger partial charge < -0.3 is 9.73 Å². The van der Waals surface area contributed by atoms with Gasteiger partial charge in [0.05, 0.1) is 6.54 Å². The molecule has 0 saturated heterocycles. The van der Waals surface area contributed by atoms with E-state index in [2.05, 4.69) is 20.4 Å². The van der Waals surface area contributed by atoms with Crippen LogP contribution in [0.25, 0.3) is 11.5 Å². The van der Waals surface area contributed by atoms with Crippen molar-refractivity contribution in [3.8, 4) is 11.5 Å². The molecule has 0 fully saturated rings. The van der Waals surface area contributed by atoms with Crippen molar-refractivity contribution in [3.63, 3.8) is 0 Å². The molecule has 5 nitrogen and oxygen atoms in total. The van der Waals surface area contributed by atoms with Crippen LogP contribution in [0.4, 0.5) is 4.39 Å². The molecule has 0 aliphatic carbocycles. The van der Waals surface area contributed by atoms with E-state index in [4.69, 9.17) is 4.42 Å². The highest BCUT2D eigenvalue weighted by molar-refractivity contribution is 5.51. The van der Waals surface area contributed by atoms with E-state index in [1.54, 1.807) is 12.1 Å². The van der Waals surface area contributed by atoms with Gasteiger partial charge in [-0.05, 0) is 57.9 Å². The fraction of sp³-hybridized carbons (Fsp3) is 0.429. The Morgan fingerprint density at radius 3 is 2.70 bits per heavy atom. The van der Waals surface area contributed by atoms with Gasteiger partial charge in [-0.15, -0.1) is 10.2 Å². The largest absolute Gasteiger partial charge is 0.419 e. The molecule has 2 aromatic rings. The van der Waals surface area contributed by atoms with Crippen molar-refractivity contribution in [2.45, 2.75) is 13.0 Å². The van der Waals surface area contributed by atoms with Gasteiger partial charge in [0, 0.05) is 5.56 Å². The molecular weight excluding hydrogens is 259 g/mol. The molecule has 0 spiro atoms. The van der Waals surface area contributed by atoms with Crippen molar-refractivity contribution < 1.29 is 8.81 Å². The average Bonchev–Trinajstić information content (AvgIpc) is 2.88. The summed E-state index contributed by atoms with van der Waals surface area (Å²) in [4.78, 5) is 2.12. The van der Waals surface area contributed by atoms with Crippen molar-refractivity contribution >= 4 is 0 Å². The fourth-order valence-electron chi connectivity index (χ4n) is 1.86. The van der Waals surface area contributed by atoms with Gasteiger partial charge in [-0.3, -0.25) is 4.90 Å². The number of hydrogen-bond donors (Lipinski definition) is 1. The van der Waals surface area contributed by atoms with Crippen molar-refractivity contribution in [1.29, 1.82) is 0 Å². The van der Waals surface area contributed by atoms with E-state index in [-0.39, 0.29) is 5.82 Å². The Morgan fingerprint density at radius 2 is 2.00 bits per heavy atom. The van der Waals surface area contributed by atoms with Crippen molar-refractivity contribution in [2.75, 3.05) is 27.2 Å². The van der Waals surface area contributed by atoms with E-state index in [1.807, 2.05) is 14.1 Å². The molecule has 0 saturated carbocycles. The molecule has 0 bridgehead atoms. The number of rotatable bonds is 7. The van der Waals surface area contributed by atoms with Crippen LogP contribution in [-0.2, 0) is 6.54 Å². The summed E-state index contributed by atoms with van der Waals surface area (Å²) >= 11 is 0. The SMILES string of the molecule is CNCCCN(C)Cc1nnc(-c2ccc(F)cc2)o1. The predicted octanol–water partition coefficient (Wildman–Crippen LogP) is 1.92. The molecule has 6 heteroatoms. The number of nitrogens with zero attached hydrogens (tertiary/aromatic N) is 3. The Labute approximate surface area is 117 Å². The maximum Gasteiger partial charge on any atom is 0.247 e. The molecule has 1 aromatic carbocycles. The van der Waals surface area contributed by atoms with E-state index >= 15 is 0 Å². The molecule has 0 unspecified atom stereocenters. The lowest BCUT2D eigenvalue weighted by atomic mass is 10.2. The molecule has 20 heavy (non-hydrogen) atoms. The van der Waals surface area contributed by atoms with Crippen LogP contribution in [0.5, 0.6) is 0 Å². The van der Waals surface area contributed by atoms with Gasteiger partial charge in [-0.2, -0.15) is 0 Å². The Balaban J connectivity index is 1.93. The second-order valence-corrected chi connectivity index (χ2v) is 4.70. The highest BCUT2D eigenvalue weighted by Crippen LogP contribution is 2.18. The summed E-state index contributed by atoms with van der Waals surface area (Å²) in [6.45, 7) is 2.54. The zero-order chi connectivity index (χ0) is 14.4. The van der Waals surface area contributed by atoms with Gasteiger partial charge in [0.25, 0.3) is 0 Å². The van der Waals surface area contributed by atoms with E-state index in [0.29, 0.717) is 18.3 Å². The summed E-state index contributed by atoms with van der Waals surface area (Å²) in [5.41, 5.74) is 0.725. The van der Waals surface area contributed by atoms with Crippen molar-refractivity contribution in [2.24, 2.45) is 0 Å². The van der Waals surface area contributed by atoms with E-state index in [0.717, 1.165) is 25.1 Å². The smallest absolute Gasteiger partial charge is 0.247 e. The van der Waals surface area contributed by atoms with Gasteiger partial charge in [0.1, 0.15) is 5.82 Å². The summed E-state index contributed by atoms with van der Waals surface area (Å²) < 4.78 is 18.4. The number of benzene rings is 1. The van der Waals surface area contributed by atoms with Gasteiger partial charge in [-0.1, -0.05) is 0 Å². The Kier molecular flexibility index (Phi) is 5.20. The second kappa shape index (κ2) is 7.12. The molecule has 0 radical (unpaired) electrons. The molecular formula is C14H19FN4O. The Bertz CT molecular complexity index is 526. The highest BCUT2D eigenvalue weighted by atomic mass is 19.1. The normalized spacial score (nSPS) is 11.2. The molecule has 108 valence electrons. The predicted molar refractivity (Wildman–Crippen MR) is 74.6 cm³/mol. The van der Waals surface area contributed by atoms with Gasteiger partial charge in [0.15, 0.2) is 0 Å². The quantitative estimate of drug-likeness (QED) is 0.784. The second-order valence-electron chi connectivity index (χ2n) is 4.70. The minimum Gasteiger partial charge on any atom is -0.419 e. The first-order valence-electron chi connectivity index (χ1n) is 6.60. The van der Waals surface area contributed by atoms with Crippen LogP contribution in [0, 0.1) is 5.82 Å². The topological polar surface area (TPSA) is 54.2 Å². The maximum absolute atomic E-state index is 12.8. The lowest BCUT2D eigenvalue weighted by Crippen LogP contribution is -2.22. The lowest BCUT2D eigenvalue weighted by Gasteiger charge is -2.13. The first kappa shape index (κ1) is 14.6. The molecule has 1 N–H and O–H groups in total. The van der Waals surface area contributed by atoms with E-state index in [9.17, 15) is 4.39 Å². The zero-order valence-corrected chi connectivity index (χ0v) is 11.8. The Hall–Kier alpha value is -1.79. The minimum absolute atomic E-state index is 0.280. The van der Waals surface area contributed by atoms with Gasteiger partial charge >= 0.3 is 0 Å². The number of nitrogens with one attached hydrogen (secondary N) is 1. The number of halogens is 1. The fourth-order valence-corrected chi connectivity index (χ4v) is 1.86. The summed E-state index contributed by atoms with van der Waals surface area (Å²) in [6, 6.07) is 6.01. The van der Waals surface area contributed by atoms with E-state index in [1.165, 1.54) is 12.1 Å². The van der Waals surface area contributed by atoms with Gasteiger partial charge in [-0.25, -0.2) is 4.39 Å². The first-order valence-corrected chi connectivity index (χ1v) is 6.60. The summed E-state index contributed by atoms with van der Waals surface area (Å²) in [5, 5.41) is 11.1. The zero-order valence-electron chi connectivity index (χ0n) is 11.8. The number of aromatic nitrogens is 2. The van der Waals surface area contributed by atoms with Gasteiger partial charge in [0.2, 0.25) is 11.8 Å². The van der Waals surface area contributed by atoms with Crippen LogP contribution >= 0.6 is 0 Å². The van der Waals surface area contributed by atoms with Crippen molar-refractivity contribution in [3.05, 3.63) is 36.0 Å². The molecule has 0 aliphatic rings. The number of hydrogen-bond acceptors (Lipinski definition) is 5. The molecule has 2 rings (SSSR count). The van der Waals surface area contributed by atoms with Crippen LogP contribution in [0.15, 0.2) is 28.7 Å². The van der Waals surface area contributed by atoms with Crippen LogP contribution in [0.3, 0.4) is 0 Å². The molecule has 0 atom stereocenters. The summed E-state index contributed by atoms with van der Waals surface area (Å²) in [7, 11) is 3.95. The lowest BCUT2D eigenvalue weighted by molar-refractivity contribution is 0.286. The summed E-state index contributed by atoms with van der Waals surface area (Å²) in [5.74, 6) is 0.706. The Morgan fingerprint density at radius 1 is 1.25 bits per heavy atom. The monoisotopic (exact) mass is 278 g/mol. The molecule has 1 heterocycles. The first-order chi connectivity index (χ1) is 9.69. The van der Waals surface area contributed by atoms with Crippen molar-refractivity contribution in [1.82, 2.24) is 20.4 Å². The van der Waals surface area contributed by atoms with Crippen LogP contribution < -0.4 is 5.32 Å². The molecule has 0 aliphatic heterocycles. The van der Waals surface area contributed by atoms with E-state index < -0.39 is 0 Å². The highest BCUT2D eigenvalue weighted by Gasteiger charge is 2.10. The maximum atomic E-state index is 12.8. The molecule has 0 amide bonds. The third kappa shape index (κ3) is 4.11.